The second-order valence-electron chi connectivity index (χ2n) is 4.61. The normalized spacial score (nSPS) is 11.0. The van der Waals surface area contributed by atoms with Gasteiger partial charge in [0, 0.05) is 0 Å². The fraction of sp³-hybridized carbons (Fsp3) is 0.133. The number of hydrogen-bond acceptors (Lipinski definition) is 4. The first kappa shape index (κ1) is 15.8. The van der Waals surface area contributed by atoms with Gasteiger partial charge in [0.05, 0.1) is 18.4 Å². The lowest BCUT2D eigenvalue weighted by molar-refractivity contribution is 0.0698. The molecule has 22 heavy (non-hydrogen) atoms. The number of aromatic carboxylic acids is 1. The fourth-order valence-corrected chi connectivity index (χ4v) is 3.22. The molecule has 0 fully saturated rings. The summed E-state index contributed by atoms with van der Waals surface area (Å²) in [5, 5.41) is 9.20. The van der Waals surface area contributed by atoms with Crippen molar-refractivity contribution in [1.29, 1.82) is 0 Å². The zero-order valence-corrected chi connectivity index (χ0v) is 12.8. The number of carbonyl (C=O) groups is 1. The van der Waals surface area contributed by atoms with E-state index in [0.717, 1.165) is 5.56 Å². The SMILES string of the molecule is COc1ccccc1S(=O)(=O)Nc1ccc(C)cc1C(=O)O. The van der Waals surface area contributed by atoms with Crippen molar-refractivity contribution in [1.82, 2.24) is 0 Å². The lowest BCUT2D eigenvalue weighted by atomic mass is 10.1. The highest BCUT2D eigenvalue weighted by Gasteiger charge is 2.21. The van der Waals surface area contributed by atoms with Crippen molar-refractivity contribution in [3.63, 3.8) is 0 Å². The van der Waals surface area contributed by atoms with Gasteiger partial charge in [-0.25, -0.2) is 13.2 Å². The van der Waals surface area contributed by atoms with E-state index < -0.39 is 16.0 Å². The molecule has 0 atom stereocenters. The standard InChI is InChI=1S/C15H15NO5S/c1-10-7-8-12(11(9-10)15(17)18)16-22(19,20)14-6-4-3-5-13(14)21-2/h3-9,16H,1-2H3,(H,17,18). The van der Waals surface area contributed by atoms with E-state index in [2.05, 4.69) is 4.72 Å². The second-order valence-corrected chi connectivity index (χ2v) is 6.26. The minimum absolute atomic E-state index is 0.00371. The number of sulfonamides is 1. The fourth-order valence-electron chi connectivity index (χ4n) is 1.96. The lowest BCUT2D eigenvalue weighted by Gasteiger charge is -2.13. The molecule has 0 spiro atoms. The number of anilines is 1. The number of aryl methyl sites for hydroxylation is 1. The summed E-state index contributed by atoms with van der Waals surface area (Å²) in [7, 11) is -2.60. The zero-order chi connectivity index (χ0) is 16.3. The van der Waals surface area contributed by atoms with E-state index in [-0.39, 0.29) is 21.9 Å². The van der Waals surface area contributed by atoms with Crippen molar-refractivity contribution in [3.05, 3.63) is 53.6 Å². The smallest absolute Gasteiger partial charge is 0.337 e. The molecule has 0 heterocycles. The molecule has 0 saturated carbocycles. The van der Waals surface area contributed by atoms with Gasteiger partial charge in [-0.3, -0.25) is 4.72 Å². The van der Waals surface area contributed by atoms with Crippen LogP contribution in [0.1, 0.15) is 15.9 Å². The number of rotatable bonds is 5. The van der Waals surface area contributed by atoms with Gasteiger partial charge in [-0.2, -0.15) is 0 Å². The Hall–Kier alpha value is -2.54. The molecule has 116 valence electrons. The highest BCUT2D eigenvalue weighted by Crippen LogP contribution is 2.27. The average Bonchev–Trinajstić information content (AvgIpc) is 2.48. The van der Waals surface area contributed by atoms with Crippen LogP contribution < -0.4 is 9.46 Å². The Morgan fingerprint density at radius 2 is 1.86 bits per heavy atom. The molecule has 2 aromatic carbocycles. The summed E-state index contributed by atoms with van der Waals surface area (Å²) in [4.78, 5) is 11.2. The number of benzene rings is 2. The van der Waals surface area contributed by atoms with Crippen LogP contribution in [0.3, 0.4) is 0 Å². The summed E-state index contributed by atoms with van der Waals surface area (Å²) in [6.07, 6.45) is 0. The Balaban J connectivity index is 2.48. The van der Waals surface area contributed by atoms with Gasteiger partial charge in [0.15, 0.2) is 0 Å². The minimum atomic E-state index is -3.96. The van der Waals surface area contributed by atoms with Crippen molar-refractivity contribution < 1.29 is 23.1 Å². The Labute approximate surface area is 128 Å². The molecule has 0 unspecified atom stereocenters. The van der Waals surface area contributed by atoms with Gasteiger partial charge >= 0.3 is 5.97 Å². The molecule has 0 bridgehead atoms. The van der Waals surface area contributed by atoms with Gasteiger partial charge in [-0.05, 0) is 31.2 Å². The van der Waals surface area contributed by atoms with Crippen LogP contribution in [0.5, 0.6) is 5.75 Å². The van der Waals surface area contributed by atoms with Gasteiger partial charge in [0.25, 0.3) is 10.0 Å². The maximum absolute atomic E-state index is 12.5. The van der Waals surface area contributed by atoms with Crippen LogP contribution >= 0.6 is 0 Å². The first-order valence-electron chi connectivity index (χ1n) is 6.35. The van der Waals surface area contributed by atoms with Crippen LogP contribution in [0, 0.1) is 6.92 Å². The quantitative estimate of drug-likeness (QED) is 0.882. The monoisotopic (exact) mass is 321 g/mol. The maximum atomic E-state index is 12.5. The van der Waals surface area contributed by atoms with Gasteiger partial charge in [0.1, 0.15) is 10.6 Å². The van der Waals surface area contributed by atoms with E-state index >= 15 is 0 Å². The Kier molecular flexibility index (Phi) is 4.37. The van der Waals surface area contributed by atoms with Crippen molar-refractivity contribution >= 4 is 21.7 Å². The molecule has 0 amide bonds. The average molecular weight is 321 g/mol. The van der Waals surface area contributed by atoms with Gasteiger partial charge in [-0.1, -0.05) is 23.8 Å². The molecule has 2 aromatic rings. The van der Waals surface area contributed by atoms with Crippen LogP contribution in [0.25, 0.3) is 0 Å². The number of carboxylic acid groups (broad SMARTS) is 1. The summed E-state index contributed by atoms with van der Waals surface area (Å²) in [6, 6.07) is 10.6. The van der Waals surface area contributed by atoms with Crippen molar-refractivity contribution in [2.75, 3.05) is 11.8 Å². The zero-order valence-electron chi connectivity index (χ0n) is 12.0. The molecule has 7 heteroatoms. The number of nitrogens with one attached hydrogen (secondary N) is 1. The summed E-state index contributed by atoms with van der Waals surface area (Å²) in [5.41, 5.74) is 0.611. The molecule has 0 aliphatic carbocycles. The van der Waals surface area contributed by atoms with E-state index in [1.54, 1.807) is 25.1 Å². The summed E-state index contributed by atoms with van der Waals surface area (Å²) in [5.74, 6) is -1.03. The van der Waals surface area contributed by atoms with Crippen molar-refractivity contribution in [2.24, 2.45) is 0 Å². The largest absolute Gasteiger partial charge is 0.495 e. The van der Waals surface area contributed by atoms with Gasteiger partial charge in [-0.15, -0.1) is 0 Å². The summed E-state index contributed by atoms with van der Waals surface area (Å²) < 4.78 is 32.2. The van der Waals surface area contributed by atoms with Crippen molar-refractivity contribution in [2.45, 2.75) is 11.8 Å². The molecular formula is C15H15NO5S. The van der Waals surface area contributed by atoms with Crippen LogP contribution in [0.4, 0.5) is 5.69 Å². The first-order valence-corrected chi connectivity index (χ1v) is 7.83. The number of carboxylic acids is 1. The molecule has 6 nitrogen and oxygen atoms in total. The predicted molar refractivity (Wildman–Crippen MR) is 81.9 cm³/mol. The maximum Gasteiger partial charge on any atom is 0.337 e. The van der Waals surface area contributed by atoms with E-state index in [4.69, 9.17) is 4.74 Å². The summed E-state index contributed by atoms with van der Waals surface area (Å²) in [6.45, 7) is 1.73. The van der Waals surface area contributed by atoms with Crippen LogP contribution in [-0.2, 0) is 10.0 Å². The number of methoxy groups -OCH3 is 1. The lowest BCUT2D eigenvalue weighted by Crippen LogP contribution is -2.16. The van der Waals surface area contributed by atoms with E-state index in [1.807, 2.05) is 0 Å². The Bertz CT molecular complexity index is 814. The summed E-state index contributed by atoms with van der Waals surface area (Å²) >= 11 is 0. The highest BCUT2D eigenvalue weighted by atomic mass is 32.2. The Morgan fingerprint density at radius 3 is 2.50 bits per heavy atom. The highest BCUT2D eigenvalue weighted by molar-refractivity contribution is 7.92. The number of hydrogen-bond donors (Lipinski definition) is 2. The van der Waals surface area contributed by atoms with E-state index in [0.29, 0.717) is 0 Å². The molecule has 0 radical (unpaired) electrons. The number of para-hydroxylation sites is 1. The third-order valence-electron chi connectivity index (χ3n) is 3.01. The van der Waals surface area contributed by atoms with Crippen LogP contribution in [0.2, 0.25) is 0 Å². The molecule has 2 rings (SSSR count). The van der Waals surface area contributed by atoms with Crippen LogP contribution in [-0.4, -0.2) is 26.6 Å². The first-order chi connectivity index (χ1) is 10.3. The molecular weight excluding hydrogens is 306 g/mol. The molecule has 0 aliphatic heterocycles. The topological polar surface area (TPSA) is 92.7 Å². The van der Waals surface area contributed by atoms with E-state index in [1.165, 1.54) is 31.4 Å². The van der Waals surface area contributed by atoms with Crippen LogP contribution in [0.15, 0.2) is 47.4 Å². The van der Waals surface area contributed by atoms with E-state index in [9.17, 15) is 18.3 Å². The third-order valence-corrected chi connectivity index (χ3v) is 4.41. The second kappa shape index (κ2) is 6.07. The third kappa shape index (κ3) is 3.20. The predicted octanol–water partition coefficient (Wildman–Crippen LogP) is 2.50. The molecule has 0 saturated heterocycles. The minimum Gasteiger partial charge on any atom is -0.495 e. The molecule has 0 aromatic heterocycles. The number of ether oxygens (including phenoxy) is 1. The Morgan fingerprint density at radius 1 is 1.18 bits per heavy atom. The molecule has 2 N–H and O–H groups in total. The molecule has 0 aliphatic rings. The van der Waals surface area contributed by atoms with Gasteiger partial charge in [0.2, 0.25) is 0 Å². The van der Waals surface area contributed by atoms with Gasteiger partial charge < -0.3 is 9.84 Å². The van der Waals surface area contributed by atoms with Crippen molar-refractivity contribution in [3.8, 4) is 5.75 Å².